The zero-order valence-corrected chi connectivity index (χ0v) is 9.34. The quantitative estimate of drug-likeness (QED) is 0.535. The number of hydrogen-bond acceptors (Lipinski definition) is 4. The van der Waals surface area contributed by atoms with Gasteiger partial charge in [0, 0.05) is 27.3 Å². The number of hydrogen-bond donors (Lipinski definition) is 0. The van der Waals surface area contributed by atoms with E-state index in [2.05, 4.69) is 4.90 Å². The Morgan fingerprint density at radius 3 is 2.93 bits per heavy atom. The second kappa shape index (κ2) is 5.78. The Bertz CT molecular complexity index is 285. The first-order valence-electron chi connectivity index (χ1n) is 4.53. The fourth-order valence-corrected chi connectivity index (χ4v) is 1.98. The summed E-state index contributed by atoms with van der Waals surface area (Å²) < 4.78 is 4.98. The molecule has 0 aliphatic rings. The fourth-order valence-electron chi connectivity index (χ4n) is 1.17. The van der Waals surface area contributed by atoms with E-state index in [0.29, 0.717) is 0 Å². The second-order valence-corrected chi connectivity index (χ2v) is 4.16. The van der Waals surface area contributed by atoms with Crippen LogP contribution < -0.4 is 4.90 Å². The molecule has 0 unspecified atom stereocenters. The van der Waals surface area contributed by atoms with Gasteiger partial charge in [-0.25, -0.2) is 0 Å². The first-order valence-corrected chi connectivity index (χ1v) is 5.34. The standard InChI is InChI=1S/C10H15NO2S/c1-11(6-3-7-13-2)10-5-4-9(8-12)14-10/h4-5,8H,3,6-7H2,1-2H3. The normalized spacial score (nSPS) is 10.1. The van der Waals surface area contributed by atoms with Gasteiger partial charge in [-0.1, -0.05) is 0 Å². The van der Waals surface area contributed by atoms with Crippen molar-refractivity contribution < 1.29 is 9.53 Å². The Kier molecular flexibility index (Phi) is 4.62. The van der Waals surface area contributed by atoms with Gasteiger partial charge >= 0.3 is 0 Å². The van der Waals surface area contributed by atoms with Gasteiger partial charge in [-0.3, -0.25) is 4.79 Å². The van der Waals surface area contributed by atoms with Crippen LogP contribution in [0.3, 0.4) is 0 Å². The summed E-state index contributed by atoms with van der Waals surface area (Å²) in [5.74, 6) is 0. The van der Waals surface area contributed by atoms with E-state index in [0.717, 1.165) is 35.7 Å². The molecule has 0 N–H and O–H groups in total. The Hall–Kier alpha value is -0.870. The maximum Gasteiger partial charge on any atom is 0.160 e. The van der Waals surface area contributed by atoms with Gasteiger partial charge in [-0.2, -0.15) is 0 Å². The smallest absolute Gasteiger partial charge is 0.160 e. The summed E-state index contributed by atoms with van der Waals surface area (Å²) >= 11 is 1.52. The van der Waals surface area contributed by atoms with Gasteiger partial charge in [0.2, 0.25) is 0 Å². The minimum Gasteiger partial charge on any atom is -0.385 e. The first kappa shape index (κ1) is 11.2. The molecule has 1 heterocycles. The molecule has 0 fully saturated rings. The van der Waals surface area contributed by atoms with Crippen molar-refractivity contribution >= 4 is 22.6 Å². The highest BCUT2D eigenvalue weighted by atomic mass is 32.1. The summed E-state index contributed by atoms with van der Waals surface area (Å²) in [5.41, 5.74) is 0. The number of anilines is 1. The number of nitrogens with zero attached hydrogens (tertiary/aromatic N) is 1. The third kappa shape index (κ3) is 3.12. The van der Waals surface area contributed by atoms with Crippen LogP contribution in [0.4, 0.5) is 5.00 Å². The number of rotatable bonds is 6. The van der Waals surface area contributed by atoms with Crippen molar-refractivity contribution in [2.75, 3.05) is 32.2 Å². The van der Waals surface area contributed by atoms with Gasteiger partial charge < -0.3 is 9.64 Å². The molecule has 0 saturated heterocycles. The molecule has 78 valence electrons. The highest BCUT2D eigenvalue weighted by molar-refractivity contribution is 7.17. The highest BCUT2D eigenvalue weighted by Crippen LogP contribution is 2.23. The van der Waals surface area contributed by atoms with Crippen LogP contribution in [0, 0.1) is 0 Å². The minimum atomic E-state index is 0.774. The summed E-state index contributed by atoms with van der Waals surface area (Å²) in [6.45, 7) is 1.73. The van der Waals surface area contributed by atoms with Gasteiger partial charge in [-0.05, 0) is 18.6 Å². The van der Waals surface area contributed by atoms with Crippen molar-refractivity contribution in [3.63, 3.8) is 0 Å². The first-order chi connectivity index (χ1) is 6.77. The molecule has 4 heteroatoms. The highest BCUT2D eigenvalue weighted by Gasteiger charge is 2.03. The molecule has 0 aliphatic heterocycles. The summed E-state index contributed by atoms with van der Waals surface area (Å²) in [7, 11) is 3.73. The fraction of sp³-hybridized carbons (Fsp3) is 0.500. The van der Waals surface area contributed by atoms with E-state index in [-0.39, 0.29) is 0 Å². The van der Waals surface area contributed by atoms with Crippen LogP contribution in [0.25, 0.3) is 0 Å². The van der Waals surface area contributed by atoms with Crippen LogP contribution in [-0.2, 0) is 4.74 Å². The molecule has 0 saturated carbocycles. The third-order valence-electron chi connectivity index (χ3n) is 1.95. The predicted octanol–water partition coefficient (Wildman–Crippen LogP) is 2.03. The number of carbonyl (C=O) groups is 1. The number of carbonyl (C=O) groups excluding carboxylic acids is 1. The zero-order chi connectivity index (χ0) is 10.4. The summed E-state index contributed by atoms with van der Waals surface area (Å²) in [4.78, 5) is 13.4. The predicted molar refractivity (Wildman–Crippen MR) is 59.5 cm³/mol. The van der Waals surface area contributed by atoms with Crippen LogP contribution in [0.5, 0.6) is 0 Å². The lowest BCUT2D eigenvalue weighted by Gasteiger charge is -2.16. The Morgan fingerprint density at radius 1 is 1.57 bits per heavy atom. The number of methoxy groups -OCH3 is 1. The van der Waals surface area contributed by atoms with Crippen molar-refractivity contribution in [3.05, 3.63) is 17.0 Å². The molecule has 14 heavy (non-hydrogen) atoms. The van der Waals surface area contributed by atoms with Gasteiger partial charge in [0.1, 0.15) is 0 Å². The monoisotopic (exact) mass is 213 g/mol. The topological polar surface area (TPSA) is 29.5 Å². The van der Waals surface area contributed by atoms with Gasteiger partial charge in [-0.15, -0.1) is 11.3 Å². The van der Waals surface area contributed by atoms with E-state index in [1.807, 2.05) is 19.2 Å². The molecule has 0 aliphatic carbocycles. The molecule has 1 aromatic heterocycles. The Balaban J connectivity index is 2.43. The van der Waals surface area contributed by atoms with Gasteiger partial charge in [0.25, 0.3) is 0 Å². The van der Waals surface area contributed by atoms with Gasteiger partial charge in [0.15, 0.2) is 6.29 Å². The largest absolute Gasteiger partial charge is 0.385 e. The third-order valence-corrected chi connectivity index (χ3v) is 3.07. The van der Waals surface area contributed by atoms with Crippen molar-refractivity contribution in [2.24, 2.45) is 0 Å². The Labute approximate surface area is 88.3 Å². The number of ether oxygens (including phenoxy) is 1. The summed E-state index contributed by atoms with van der Waals surface area (Å²) in [5, 5.41) is 1.13. The Morgan fingerprint density at radius 2 is 2.36 bits per heavy atom. The molecule has 0 spiro atoms. The van der Waals surface area contributed by atoms with Crippen LogP contribution in [0.15, 0.2) is 12.1 Å². The second-order valence-electron chi connectivity index (χ2n) is 3.06. The van der Waals surface area contributed by atoms with Crippen molar-refractivity contribution in [1.29, 1.82) is 0 Å². The zero-order valence-electron chi connectivity index (χ0n) is 8.53. The van der Waals surface area contributed by atoms with Crippen molar-refractivity contribution in [2.45, 2.75) is 6.42 Å². The van der Waals surface area contributed by atoms with E-state index in [9.17, 15) is 4.79 Å². The van der Waals surface area contributed by atoms with E-state index in [1.54, 1.807) is 7.11 Å². The summed E-state index contributed by atoms with van der Waals surface area (Å²) in [6.07, 6.45) is 1.89. The van der Waals surface area contributed by atoms with Crippen LogP contribution in [0.1, 0.15) is 16.1 Å². The van der Waals surface area contributed by atoms with E-state index < -0.39 is 0 Å². The average molecular weight is 213 g/mol. The van der Waals surface area contributed by atoms with Crippen LogP contribution in [-0.4, -0.2) is 33.6 Å². The average Bonchev–Trinajstić information content (AvgIpc) is 2.66. The molecule has 0 bridgehead atoms. The molecule has 1 aromatic rings. The molecule has 1 rings (SSSR count). The SMILES string of the molecule is COCCCN(C)c1ccc(C=O)s1. The van der Waals surface area contributed by atoms with E-state index in [4.69, 9.17) is 4.74 Å². The van der Waals surface area contributed by atoms with E-state index >= 15 is 0 Å². The molecular weight excluding hydrogens is 198 g/mol. The number of thiophene rings is 1. The van der Waals surface area contributed by atoms with Crippen molar-refractivity contribution in [3.8, 4) is 0 Å². The van der Waals surface area contributed by atoms with Gasteiger partial charge in [0.05, 0.1) is 9.88 Å². The summed E-state index contributed by atoms with van der Waals surface area (Å²) in [6, 6.07) is 3.82. The number of aldehydes is 1. The molecule has 0 atom stereocenters. The maximum atomic E-state index is 10.5. The minimum absolute atomic E-state index is 0.774. The lowest BCUT2D eigenvalue weighted by Crippen LogP contribution is -2.18. The molecule has 0 amide bonds. The molecule has 0 radical (unpaired) electrons. The lowest BCUT2D eigenvalue weighted by atomic mass is 10.4. The van der Waals surface area contributed by atoms with Crippen LogP contribution >= 0.6 is 11.3 Å². The van der Waals surface area contributed by atoms with Crippen LogP contribution in [0.2, 0.25) is 0 Å². The van der Waals surface area contributed by atoms with E-state index in [1.165, 1.54) is 11.3 Å². The molecule has 0 aromatic carbocycles. The van der Waals surface area contributed by atoms with Crippen molar-refractivity contribution in [1.82, 2.24) is 0 Å². The lowest BCUT2D eigenvalue weighted by molar-refractivity contribution is 0.112. The molecular formula is C10H15NO2S. The molecule has 3 nitrogen and oxygen atoms in total. The maximum absolute atomic E-state index is 10.5.